The van der Waals surface area contributed by atoms with Gasteiger partial charge in [-0.05, 0) is 16.5 Å². The van der Waals surface area contributed by atoms with Gasteiger partial charge in [0.2, 0.25) is 5.82 Å². The molecule has 2 aromatic rings. The van der Waals surface area contributed by atoms with E-state index in [-0.39, 0.29) is 5.75 Å². The summed E-state index contributed by atoms with van der Waals surface area (Å²) in [6.45, 7) is 1.90. The lowest BCUT2D eigenvalue weighted by molar-refractivity contribution is -0.662. The standard InChI is InChI=1S/C12H15N5OS/c1-8-15-19-12(17(8)4)14-13-10-6-5-9(16(2)3)7-11(10)18/h5-7H,1-4H3/p+1. The average Bonchev–Trinajstić information content (AvgIpc) is 2.68. The van der Waals surface area contributed by atoms with E-state index in [1.165, 1.54) is 11.5 Å². The fourth-order valence-corrected chi connectivity index (χ4v) is 2.09. The first-order valence-electron chi connectivity index (χ1n) is 5.73. The van der Waals surface area contributed by atoms with Gasteiger partial charge in [-0.15, -0.1) is 0 Å². The van der Waals surface area contributed by atoms with Crippen LogP contribution in [0.5, 0.6) is 5.75 Å². The van der Waals surface area contributed by atoms with Crippen LogP contribution in [-0.2, 0) is 7.05 Å². The highest BCUT2D eigenvalue weighted by atomic mass is 32.1. The highest BCUT2D eigenvalue weighted by molar-refractivity contribution is 7.08. The summed E-state index contributed by atoms with van der Waals surface area (Å²) >= 11 is 1.27. The maximum absolute atomic E-state index is 9.89. The fourth-order valence-electron chi connectivity index (χ4n) is 1.42. The Bertz CT molecular complexity index is 621. The molecule has 0 saturated carbocycles. The Morgan fingerprint density at radius 2 is 2.05 bits per heavy atom. The van der Waals surface area contributed by atoms with Gasteiger partial charge in [-0.1, -0.05) is 5.11 Å². The summed E-state index contributed by atoms with van der Waals surface area (Å²) < 4.78 is 6.02. The second-order valence-corrected chi connectivity index (χ2v) is 5.07. The molecule has 0 aliphatic carbocycles. The van der Waals surface area contributed by atoms with Crippen molar-refractivity contribution >= 4 is 28.0 Å². The van der Waals surface area contributed by atoms with Crippen molar-refractivity contribution in [1.29, 1.82) is 0 Å². The summed E-state index contributed by atoms with van der Waals surface area (Å²) in [5.74, 6) is 0.991. The maximum atomic E-state index is 9.89. The van der Waals surface area contributed by atoms with Gasteiger partial charge in [-0.25, -0.2) is 4.57 Å². The number of aromatic hydroxyl groups is 1. The minimum Gasteiger partial charge on any atom is -0.505 e. The maximum Gasteiger partial charge on any atom is 0.378 e. The highest BCUT2D eigenvalue weighted by Crippen LogP contribution is 2.31. The molecule has 0 fully saturated rings. The van der Waals surface area contributed by atoms with E-state index in [1.807, 2.05) is 43.6 Å². The first-order chi connectivity index (χ1) is 8.99. The molecular formula is C12H16N5OS+. The molecule has 0 radical (unpaired) electrons. The molecule has 0 aliphatic heterocycles. The molecular weight excluding hydrogens is 262 g/mol. The van der Waals surface area contributed by atoms with Crippen molar-refractivity contribution in [3.05, 3.63) is 24.0 Å². The fraction of sp³-hybridized carbons (Fsp3) is 0.333. The van der Waals surface area contributed by atoms with E-state index in [4.69, 9.17) is 0 Å². The zero-order chi connectivity index (χ0) is 14.0. The predicted octanol–water partition coefficient (Wildman–Crippen LogP) is 2.46. The molecule has 2 rings (SSSR count). The van der Waals surface area contributed by atoms with E-state index >= 15 is 0 Å². The normalized spacial score (nSPS) is 11.2. The highest BCUT2D eigenvalue weighted by Gasteiger charge is 2.13. The molecule has 1 N–H and O–H groups in total. The van der Waals surface area contributed by atoms with Crippen molar-refractivity contribution in [1.82, 2.24) is 4.37 Å². The van der Waals surface area contributed by atoms with Gasteiger partial charge in [0.05, 0.1) is 7.05 Å². The van der Waals surface area contributed by atoms with E-state index in [0.29, 0.717) is 10.8 Å². The van der Waals surface area contributed by atoms with E-state index in [1.54, 1.807) is 12.1 Å². The van der Waals surface area contributed by atoms with Gasteiger partial charge >= 0.3 is 5.13 Å². The van der Waals surface area contributed by atoms with Crippen LogP contribution in [0.25, 0.3) is 0 Å². The van der Waals surface area contributed by atoms with Crippen molar-refractivity contribution in [2.75, 3.05) is 19.0 Å². The Kier molecular flexibility index (Phi) is 3.75. The van der Waals surface area contributed by atoms with Crippen molar-refractivity contribution in [2.24, 2.45) is 17.3 Å². The minimum atomic E-state index is 0.110. The number of phenolic OH excluding ortho intramolecular Hbond substituents is 1. The van der Waals surface area contributed by atoms with Gasteiger partial charge in [0.25, 0.3) is 0 Å². The van der Waals surface area contributed by atoms with Crippen molar-refractivity contribution in [3.8, 4) is 5.75 Å². The molecule has 1 aromatic heterocycles. The van der Waals surface area contributed by atoms with Crippen molar-refractivity contribution in [3.63, 3.8) is 0 Å². The average molecular weight is 278 g/mol. The first-order valence-corrected chi connectivity index (χ1v) is 6.51. The van der Waals surface area contributed by atoms with Crippen LogP contribution in [0.3, 0.4) is 0 Å². The van der Waals surface area contributed by atoms with E-state index in [2.05, 4.69) is 14.6 Å². The van der Waals surface area contributed by atoms with Gasteiger partial charge in [-0.2, -0.15) is 0 Å². The van der Waals surface area contributed by atoms with Crippen molar-refractivity contribution < 1.29 is 9.67 Å². The molecule has 0 spiro atoms. The summed E-state index contributed by atoms with van der Waals surface area (Å²) in [6, 6.07) is 5.28. The Labute approximate surface area is 115 Å². The number of hydrogen-bond acceptors (Lipinski definition) is 6. The summed E-state index contributed by atoms with van der Waals surface area (Å²) in [4.78, 5) is 1.91. The summed E-state index contributed by atoms with van der Waals surface area (Å²) in [7, 11) is 5.70. The second kappa shape index (κ2) is 5.31. The zero-order valence-corrected chi connectivity index (χ0v) is 12.1. The largest absolute Gasteiger partial charge is 0.505 e. The Morgan fingerprint density at radius 3 is 2.58 bits per heavy atom. The minimum absolute atomic E-state index is 0.110. The van der Waals surface area contributed by atoms with Gasteiger partial charge in [0, 0.05) is 37.9 Å². The molecule has 0 unspecified atom stereocenters. The van der Waals surface area contributed by atoms with Crippen LogP contribution in [-0.4, -0.2) is 23.6 Å². The third kappa shape index (κ3) is 2.87. The van der Waals surface area contributed by atoms with Crippen LogP contribution >= 0.6 is 11.5 Å². The molecule has 0 bridgehead atoms. The molecule has 100 valence electrons. The number of azo groups is 1. The molecule has 6 nitrogen and oxygen atoms in total. The number of aryl methyl sites for hydroxylation is 1. The van der Waals surface area contributed by atoms with Crippen LogP contribution in [0.2, 0.25) is 0 Å². The van der Waals surface area contributed by atoms with Gasteiger partial charge in [0.1, 0.15) is 23.0 Å². The number of phenols is 1. The smallest absolute Gasteiger partial charge is 0.378 e. The lowest BCUT2D eigenvalue weighted by atomic mass is 10.2. The quantitative estimate of drug-likeness (QED) is 0.693. The number of nitrogens with zero attached hydrogens (tertiary/aromatic N) is 5. The Morgan fingerprint density at radius 1 is 1.32 bits per heavy atom. The predicted molar refractivity (Wildman–Crippen MR) is 74.6 cm³/mol. The third-order valence-electron chi connectivity index (χ3n) is 2.75. The first kappa shape index (κ1) is 13.4. The molecule has 0 atom stereocenters. The van der Waals surface area contributed by atoms with Gasteiger partial charge < -0.3 is 10.0 Å². The molecule has 0 saturated heterocycles. The molecule has 19 heavy (non-hydrogen) atoms. The summed E-state index contributed by atoms with van der Waals surface area (Å²) in [5, 5.41) is 18.7. The van der Waals surface area contributed by atoms with Crippen LogP contribution in [0.1, 0.15) is 5.82 Å². The third-order valence-corrected chi connectivity index (χ3v) is 3.62. The topological polar surface area (TPSA) is 65.0 Å². The number of benzene rings is 1. The number of rotatable bonds is 3. The number of hydrogen-bond donors (Lipinski definition) is 1. The monoisotopic (exact) mass is 278 g/mol. The van der Waals surface area contributed by atoms with Gasteiger partial charge in [-0.3, -0.25) is 0 Å². The van der Waals surface area contributed by atoms with E-state index < -0.39 is 0 Å². The zero-order valence-electron chi connectivity index (χ0n) is 11.3. The Hall–Kier alpha value is -2.02. The van der Waals surface area contributed by atoms with Crippen LogP contribution < -0.4 is 9.47 Å². The van der Waals surface area contributed by atoms with E-state index in [9.17, 15) is 5.11 Å². The van der Waals surface area contributed by atoms with Crippen LogP contribution in [0.15, 0.2) is 28.4 Å². The molecule has 1 aromatic carbocycles. The molecule has 0 aliphatic rings. The molecule has 7 heteroatoms. The van der Waals surface area contributed by atoms with Crippen LogP contribution in [0.4, 0.5) is 16.5 Å². The van der Waals surface area contributed by atoms with Gasteiger partial charge in [0.15, 0.2) is 0 Å². The summed E-state index contributed by atoms with van der Waals surface area (Å²) in [5.41, 5.74) is 1.35. The van der Waals surface area contributed by atoms with Crippen molar-refractivity contribution in [2.45, 2.75) is 6.92 Å². The molecule has 0 amide bonds. The lowest BCUT2D eigenvalue weighted by Crippen LogP contribution is -2.28. The number of anilines is 1. The lowest BCUT2D eigenvalue weighted by Gasteiger charge is -2.12. The second-order valence-electron chi connectivity index (χ2n) is 4.34. The summed E-state index contributed by atoms with van der Waals surface area (Å²) in [6.07, 6.45) is 0. The molecule has 1 heterocycles. The SMILES string of the molecule is Cc1nsc(N=Nc2ccc(N(C)C)cc2O)[n+]1C. The number of aromatic nitrogens is 2. The van der Waals surface area contributed by atoms with Crippen LogP contribution in [0, 0.1) is 6.92 Å². The van der Waals surface area contributed by atoms with E-state index in [0.717, 1.165) is 11.5 Å². The Balaban J connectivity index is 2.26.